The van der Waals surface area contributed by atoms with E-state index in [1.807, 2.05) is 0 Å². The highest BCUT2D eigenvalue weighted by atomic mass is 16.4. The molecule has 1 aliphatic heterocycles. The van der Waals surface area contributed by atoms with E-state index in [-0.39, 0.29) is 6.04 Å². The molecule has 1 amide bonds. The molecule has 0 radical (unpaired) electrons. The predicted octanol–water partition coefficient (Wildman–Crippen LogP) is 0.718. The van der Waals surface area contributed by atoms with Crippen molar-refractivity contribution in [1.82, 2.24) is 4.90 Å². The van der Waals surface area contributed by atoms with Crippen LogP contribution in [-0.4, -0.2) is 35.0 Å². The highest BCUT2D eigenvalue weighted by Gasteiger charge is 2.27. The van der Waals surface area contributed by atoms with Crippen molar-refractivity contribution < 1.29 is 14.7 Å². The minimum atomic E-state index is -0.908. The van der Waals surface area contributed by atoms with E-state index in [2.05, 4.69) is 0 Å². The molecule has 1 fully saturated rings. The standard InChI is InChI=1S/C7H11NO3/c9-5-3-6-2-1-4-8(6)7(10)11/h5-6H,1-4H2,(H,10,11)/t6-/m1/s1. The summed E-state index contributed by atoms with van der Waals surface area (Å²) in [6.07, 6.45) is 1.92. The third kappa shape index (κ3) is 1.69. The first kappa shape index (κ1) is 8.04. The molecule has 1 rings (SSSR count). The first-order valence-corrected chi connectivity index (χ1v) is 3.69. The van der Waals surface area contributed by atoms with E-state index in [4.69, 9.17) is 5.11 Å². The fourth-order valence-corrected chi connectivity index (χ4v) is 1.44. The molecule has 0 unspecified atom stereocenters. The van der Waals surface area contributed by atoms with Crippen LogP contribution in [0.1, 0.15) is 19.3 Å². The normalized spacial score (nSPS) is 23.6. The molecule has 0 aromatic carbocycles. The van der Waals surface area contributed by atoms with E-state index in [9.17, 15) is 9.59 Å². The van der Waals surface area contributed by atoms with Crippen LogP contribution in [0.15, 0.2) is 0 Å². The fraction of sp³-hybridized carbons (Fsp3) is 0.714. The largest absolute Gasteiger partial charge is 0.465 e. The van der Waals surface area contributed by atoms with Crippen LogP contribution in [0, 0.1) is 0 Å². The third-order valence-corrected chi connectivity index (χ3v) is 1.99. The maximum atomic E-state index is 10.5. The molecule has 4 heteroatoms. The Hall–Kier alpha value is -1.06. The van der Waals surface area contributed by atoms with Crippen LogP contribution in [0.25, 0.3) is 0 Å². The van der Waals surface area contributed by atoms with Gasteiger partial charge in [-0.3, -0.25) is 0 Å². The molecule has 0 aliphatic carbocycles. The summed E-state index contributed by atoms with van der Waals surface area (Å²) in [7, 11) is 0. The molecular formula is C7H11NO3. The van der Waals surface area contributed by atoms with Crippen LogP contribution < -0.4 is 0 Å². The molecule has 0 spiro atoms. The van der Waals surface area contributed by atoms with Gasteiger partial charge < -0.3 is 14.8 Å². The van der Waals surface area contributed by atoms with Gasteiger partial charge in [-0.25, -0.2) is 4.79 Å². The molecule has 1 N–H and O–H groups in total. The van der Waals surface area contributed by atoms with Crippen molar-refractivity contribution in [2.75, 3.05) is 6.54 Å². The summed E-state index contributed by atoms with van der Waals surface area (Å²) in [6.45, 7) is 0.577. The molecule has 0 bridgehead atoms. The lowest BCUT2D eigenvalue weighted by atomic mass is 10.2. The zero-order valence-corrected chi connectivity index (χ0v) is 6.19. The number of carbonyl (C=O) groups is 2. The quantitative estimate of drug-likeness (QED) is 0.601. The molecule has 11 heavy (non-hydrogen) atoms. The number of amides is 1. The van der Waals surface area contributed by atoms with Crippen LogP contribution in [-0.2, 0) is 4.79 Å². The van der Waals surface area contributed by atoms with Gasteiger partial charge in [-0.2, -0.15) is 0 Å². The summed E-state index contributed by atoms with van der Waals surface area (Å²) in [5.74, 6) is 0. The van der Waals surface area contributed by atoms with E-state index in [0.717, 1.165) is 19.1 Å². The van der Waals surface area contributed by atoms with Crippen molar-refractivity contribution in [2.45, 2.75) is 25.3 Å². The van der Waals surface area contributed by atoms with Gasteiger partial charge in [-0.15, -0.1) is 0 Å². The highest BCUT2D eigenvalue weighted by molar-refractivity contribution is 5.66. The number of carboxylic acid groups (broad SMARTS) is 1. The molecule has 1 aliphatic rings. The lowest BCUT2D eigenvalue weighted by molar-refractivity contribution is -0.108. The topological polar surface area (TPSA) is 57.6 Å². The summed E-state index contributed by atoms with van der Waals surface area (Å²) in [5.41, 5.74) is 0. The lowest BCUT2D eigenvalue weighted by Gasteiger charge is -2.18. The van der Waals surface area contributed by atoms with Crippen LogP contribution in [0.3, 0.4) is 0 Å². The Balaban J connectivity index is 2.50. The second kappa shape index (κ2) is 3.37. The summed E-state index contributed by atoms with van der Waals surface area (Å²) in [4.78, 5) is 21.9. The average Bonchev–Trinajstić information content (AvgIpc) is 2.36. The molecular weight excluding hydrogens is 146 g/mol. The molecule has 1 atom stereocenters. The van der Waals surface area contributed by atoms with E-state index in [1.54, 1.807) is 0 Å². The van der Waals surface area contributed by atoms with Gasteiger partial charge in [0.2, 0.25) is 0 Å². The van der Waals surface area contributed by atoms with Gasteiger partial charge in [0.05, 0.1) is 0 Å². The Bertz CT molecular complexity index is 169. The molecule has 1 saturated heterocycles. The minimum Gasteiger partial charge on any atom is -0.465 e. The average molecular weight is 157 g/mol. The zero-order chi connectivity index (χ0) is 8.27. The molecule has 62 valence electrons. The van der Waals surface area contributed by atoms with Crippen LogP contribution >= 0.6 is 0 Å². The first-order chi connectivity index (χ1) is 5.25. The zero-order valence-electron chi connectivity index (χ0n) is 6.19. The second-order valence-electron chi connectivity index (χ2n) is 2.67. The number of nitrogens with zero attached hydrogens (tertiary/aromatic N) is 1. The van der Waals surface area contributed by atoms with Crippen LogP contribution in [0.5, 0.6) is 0 Å². The number of rotatable bonds is 2. The Morgan fingerprint density at radius 1 is 1.73 bits per heavy atom. The van der Waals surface area contributed by atoms with Gasteiger partial charge in [0.1, 0.15) is 6.29 Å². The van der Waals surface area contributed by atoms with Gasteiger partial charge in [-0.1, -0.05) is 0 Å². The Kier molecular flexibility index (Phi) is 2.46. The number of hydrogen-bond donors (Lipinski definition) is 1. The van der Waals surface area contributed by atoms with Crippen molar-refractivity contribution in [1.29, 1.82) is 0 Å². The Morgan fingerprint density at radius 3 is 3.00 bits per heavy atom. The number of carbonyl (C=O) groups excluding carboxylic acids is 1. The Labute approximate surface area is 64.8 Å². The van der Waals surface area contributed by atoms with Crippen molar-refractivity contribution in [2.24, 2.45) is 0 Å². The van der Waals surface area contributed by atoms with E-state index >= 15 is 0 Å². The number of hydrogen-bond acceptors (Lipinski definition) is 2. The van der Waals surface area contributed by atoms with Gasteiger partial charge in [-0.05, 0) is 12.8 Å². The van der Waals surface area contributed by atoms with Crippen molar-refractivity contribution in [3.63, 3.8) is 0 Å². The summed E-state index contributed by atoms with van der Waals surface area (Å²) in [5, 5.41) is 8.62. The van der Waals surface area contributed by atoms with Crippen molar-refractivity contribution in [3.05, 3.63) is 0 Å². The maximum Gasteiger partial charge on any atom is 0.407 e. The van der Waals surface area contributed by atoms with Crippen LogP contribution in [0.2, 0.25) is 0 Å². The minimum absolute atomic E-state index is 0.0648. The fourth-order valence-electron chi connectivity index (χ4n) is 1.44. The van der Waals surface area contributed by atoms with Crippen LogP contribution in [0.4, 0.5) is 4.79 Å². The molecule has 0 aromatic rings. The smallest absolute Gasteiger partial charge is 0.407 e. The summed E-state index contributed by atoms with van der Waals surface area (Å²) < 4.78 is 0. The SMILES string of the molecule is O=CC[C@H]1CCCN1C(=O)O. The lowest BCUT2D eigenvalue weighted by Crippen LogP contribution is -2.34. The van der Waals surface area contributed by atoms with Gasteiger partial charge in [0, 0.05) is 19.0 Å². The first-order valence-electron chi connectivity index (χ1n) is 3.69. The van der Waals surface area contributed by atoms with Crippen molar-refractivity contribution >= 4 is 12.4 Å². The molecule has 1 heterocycles. The molecule has 0 aromatic heterocycles. The van der Waals surface area contributed by atoms with E-state index in [1.165, 1.54) is 4.90 Å². The highest BCUT2D eigenvalue weighted by Crippen LogP contribution is 2.18. The van der Waals surface area contributed by atoms with Gasteiger partial charge in [0.25, 0.3) is 0 Å². The Morgan fingerprint density at radius 2 is 2.45 bits per heavy atom. The van der Waals surface area contributed by atoms with E-state index < -0.39 is 6.09 Å². The number of aldehydes is 1. The molecule has 4 nitrogen and oxygen atoms in total. The molecule has 0 saturated carbocycles. The summed E-state index contributed by atoms with van der Waals surface area (Å²) >= 11 is 0. The predicted molar refractivity (Wildman–Crippen MR) is 38.4 cm³/mol. The number of likely N-dealkylation sites (tertiary alicyclic amines) is 1. The van der Waals surface area contributed by atoms with E-state index in [0.29, 0.717) is 13.0 Å². The van der Waals surface area contributed by atoms with Gasteiger partial charge in [0.15, 0.2) is 0 Å². The summed E-state index contributed by atoms with van der Waals surface area (Å²) in [6, 6.07) is -0.0648. The second-order valence-corrected chi connectivity index (χ2v) is 2.67. The van der Waals surface area contributed by atoms with Crippen molar-refractivity contribution in [3.8, 4) is 0 Å². The van der Waals surface area contributed by atoms with Gasteiger partial charge >= 0.3 is 6.09 Å². The monoisotopic (exact) mass is 157 g/mol. The third-order valence-electron chi connectivity index (χ3n) is 1.99. The maximum absolute atomic E-state index is 10.5.